The van der Waals surface area contributed by atoms with Crippen molar-refractivity contribution in [2.45, 2.75) is 25.3 Å². The van der Waals surface area contributed by atoms with E-state index >= 15 is 0 Å². The predicted molar refractivity (Wildman–Crippen MR) is 120 cm³/mol. The second-order valence-electron chi connectivity index (χ2n) is 7.48. The van der Waals surface area contributed by atoms with Crippen molar-refractivity contribution in [1.29, 1.82) is 0 Å². The summed E-state index contributed by atoms with van der Waals surface area (Å²) in [5.41, 5.74) is 1.56. The van der Waals surface area contributed by atoms with E-state index < -0.39 is 0 Å². The maximum atomic E-state index is 13.1. The molecule has 0 aromatic heterocycles. The molecule has 1 heterocycles. The third kappa shape index (κ3) is 5.22. The molecular formula is C24H32N2O5. The Bertz CT molecular complexity index is 863. The highest BCUT2D eigenvalue weighted by atomic mass is 16.5. The lowest BCUT2D eigenvalue weighted by Crippen LogP contribution is -2.40. The number of benzene rings is 2. The number of nitrogens with one attached hydrogen (secondary N) is 1. The van der Waals surface area contributed by atoms with E-state index in [1.54, 1.807) is 26.4 Å². The number of rotatable bonds is 9. The lowest BCUT2D eigenvalue weighted by molar-refractivity contribution is 0.0920. The van der Waals surface area contributed by atoms with Gasteiger partial charge in [-0.05, 0) is 55.8 Å². The van der Waals surface area contributed by atoms with Crippen molar-refractivity contribution in [2.24, 2.45) is 0 Å². The van der Waals surface area contributed by atoms with E-state index in [1.807, 2.05) is 12.1 Å². The molecule has 1 N–H and O–H groups in total. The molecule has 0 radical (unpaired) electrons. The molecule has 1 aliphatic rings. The van der Waals surface area contributed by atoms with Crippen LogP contribution in [0.15, 0.2) is 36.4 Å². The van der Waals surface area contributed by atoms with E-state index in [0.29, 0.717) is 29.4 Å². The zero-order valence-corrected chi connectivity index (χ0v) is 18.8. The Morgan fingerprint density at radius 2 is 1.55 bits per heavy atom. The Morgan fingerprint density at radius 1 is 0.871 bits per heavy atom. The van der Waals surface area contributed by atoms with Gasteiger partial charge in [0.05, 0.1) is 40.0 Å². The number of carbonyl (C=O) groups excluding carboxylic acids is 1. The van der Waals surface area contributed by atoms with Crippen molar-refractivity contribution < 1.29 is 23.7 Å². The van der Waals surface area contributed by atoms with Crippen LogP contribution in [0.2, 0.25) is 0 Å². The highest BCUT2D eigenvalue weighted by molar-refractivity contribution is 5.98. The summed E-state index contributed by atoms with van der Waals surface area (Å²) in [6.45, 7) is 2.53. The summed E-state index contributed by atoms with van der Waals surface area (Å²) in [6.07, 6.45) is 3.59. The van der Waals surface area contributed by atoms with Gasteiger partial charge in [0.2, 0.25) is 5.75 Å². The number of carbonyl (C=O) groups is 1. The third-order valence-electron chi connectivity index (χ3n) is 5.74. The second-order valence-corrected chi connectivity index (χ2v) is 7.48. The van der Waals surface area contributed by atoms with Crippen molar-refractivity contribution in [3.8, 4) is 23.0 Å². The summed E-state index contributed by atoms with van der Waals surface area (Å²) in [4.78, 5) is 15.5. The molecule has 0 bridgehead atoms. The van der Waals surface area contributed by atoms with E-state index in [9.17, 15) is 4.79 Å². The Kier molecular flexibility index (Phi) is 8.00. The Hall–Kier alpha value is -2.93. The number of methoxy groups -OCH3 is 4. The summed E-state index contributed by atoms with van der Waals surface area (Å²) in [5, 5.41) is 3.10. The van der Waals surface area contributed by atoms with Crippen molar-refractivity contribution >= 4 is 5.91 Å². The fourth-order valence-electron chi connectivity index (χ4n) is 4.08. The SMILES string of the molecule is COc1ccc([C@H](CNC(=O)c2ccc(OC)c(OC)c2OC)N2CCCCC2)cc1. The predicted octanol–water partition coefficient (Wildman–Crippen LogP) is 3.68. The van der Waals surface area contributed by atoms with E-state index in [1.165, 1.54) is 33.5 Å². The van der Waals surface area contributed by atoms with E-state index in [0.717, 1.165) is 24.4 Å². The lowest BCUT2D eigenvalue weighted by atomic mass is 10.0. The molecule has 0 spiro atoms. The van der Waals surface area contributed by atoms with Crippen LogP contribution in [-0.2, 0) is 0 Å². The van der Waals surface area contributed by atoms with E-state index in [2.05, 4.69) is 22.3 Å². The van der Waals surface area contributed by atoms with Gasteiger partial charge in [-0.1, -0.05) is 18.6 Å². The van der Waals surface area contributed by atoms with Gasteiger partial charge in [-0.25, -0.2) is 0 Å². The zero-order valence-electron chi connectivity index (χ0n) is 18.8. The number of hydrogen-bond donors (Lipinski definition) is 1. The third-order valence-corrected chi connectivity index (χ3v) is 5.74. The van der Waals surface area contributed by atoms with Crippen molar-refractivity contribution in [3.63, 3.8) is 0 Å². The molecule has 1 aliphatic heterocycles. The van der Waals surface area contributed by atoms with Crippen LogP contribution in [-0.4, -0.2) is 58.9 Å². The maximum Gasteiger partial charge on any atom is 0.255 e. The van der Waals surface area contributed by atoms with Crippen LogP contribution in [0.1, 0.15) is 41.2 Å². The maximum absolute atomic E-state index is 13.1. The zero-order chi connectivity index (χ0) is 22.2. The molecule has 1 atom stereocenters. The molecule has 7 heteroatoms. The fraction of sp³-hybridized carbons (Fsp3) is 0.458. The quantitative estimate of drug-likeness (QED) is 0.657. The first-order valence-corrected chi connectivity index (χ1v) is 10.6. The minimum Gasteiger partial charge on any atom is -0.497 e. The molecule has 0 unspecified atom stereocenters. The van der Waals surface area contributed by atoms with Crippen LogP contribution in [0.3, 0.4) is 0 Å². The van der Waals surface area contributed by atoms with E-state index in [4.69, 9.17) is 18.9 Å². The number of hydrogen-bond acceptors (Lipinski definition) is 6. The van der Waals surface area contributed by atoms with Gasteiger partial charge < -0.3 is 24.3 Å². The van der Waals surface area contributed by atoms with Crippen LogP contribution < -0.4 is 24.3 Å². The molecule has 0 saturated carbocycles. The van der Waals surface area contributed by atoms with Gasteiger partial charge in [0.1, 0.15) is 5.75 Å². The number of amides is 1. The molecule has 2 aromatic carbocycles. The molecule has 2 aromatic rings. The topological polar surface area (TPSA) is 69.3 Å². The van der Waals surface area contributed by atoms with Crippen LogP contribution in [0.25, 0.3) is 0 Å². The lowest BCUT2D eigenvalue weighted by Gasteiger charge is -2.35. The van der Waals surface area contributed by atoms with Gasteiger partial charge in [-0.15, -0.1) is 0 Å². The van der Waals surface area contributed by atoms with Gasteiger partial charge >= 0.3 is 0 Å². The molecule has 31 heavy (non-hydrogen) atoms. The van der Waals surface area contributed by atoms with Gasteiger partial charge in [0.15, 0.2) is 11.5 Å². The second kappa shape index (κ2) is 10.9. The van der Waals surface area contributed by atoms with Crippen LogP contribution in [0.5, 0.6) is 23.0 Å². The molecule has 1 saturated heterocycles. The summed E-state index contributed by atoms with van der Waals surface area (Å²) in [7, 11) is 6.25. The van der Waals surface area contributed by atoms with Crippen LogP contribution >= 0.6 is 0 Å². The largest absolute Gasteiger partial charge is 0.497 e. The molecular weight excluding hydrogens is 396 g/mol. The minimum atomic E-state index is -0.215. The number of nitrogens with zero attached hydrogens (tertiary/aromatic N) is 1. The Balaban J connectivity index is 1.81. The average molecular weight is 429 g/mol. The van der Waals surface area contributed by atoms with Gasteiger partial charge in [-0.3, -0.25) is 9.69 Å². The summed E-state index contributed by atoms with van der Waals surface area (Å²) in [5.74, 6) is 1.88. The molecule has 0 aliphatic carbocycles. The standard InChI is InChI=1S/C24H32N2O5/c1-28-18-10-8-17(9-11-18)20(26-14-6-5-7-15-26)16-25-24(27)19-12-13-21(29-2)23(31-4)22(19)30-3/h8-13,20H,5-7,14-16H2,1-4H3,(H,25,27)/t20-/m0/s1. The molecule has 1 fully saturated rings. The minimum absolute atomic E-state index is 0.0845. The fourth-order valence-corrected chi connectivity index (χ4v) is 4.08. The summed E-state index contributed by atoms with van der Waals surface area (Å²) in [6, 6.07) is 11.6. The van der Waals surface area contributed by atoms with Crippen molar-refractivity contribution in [3.05, 3.63) is 47.5 Å². The first-order valence-electron chi connectivity index (χ1n) is 10.6. The summed E-state index contributed by atoms with van der Waals surface area (Å²) >= 11 is 0. The first kappa shape index (κ1) is 22.7. The molecule has 168 valence electrons. The van der Waals surface area contributed by atoms with Crippen molar-refractivity contribution in [1.82, 2.24) is 10.2 Å². The highest BCUT2D eigenvalue weighted by Crippen LogP contribution is 2.39. The number of ether oxygens (including phenoxy) is 4. The highest BCUT2D eigenvalue weighted by Gasteiger charge is 2.25. The van der Waals surface area contributed by atoms with Gasteiger partial charge in [0.25, 0.3) is 5.91 Å². The molecule has 7 nitrogen and oxygen atoms in total. The van der Waals surface area contributed by atoms with Crippen LogP contribution in [0.4, 0.5) is 0 Å². The van der Waals surface area contributed by atoms with E-state index in [-0.39, 0.29) is 11.9 Å². The smallest absolute Gasteiger partial charge is 0.255 e. The molecule has 3 rings (SSSR count). The number of likely N-dealkylation sites (tertiary alicyclic amines) is 1. The van der Waals surface area contributed by atoms with Crippen molar-refractivity contribution in [2.75, 3.05) is 48.1 Å². The van der Waals surface area contributed by atoms with Gasteiger partial charge in [-0.2, -0.15) is 0 Å². The Labute approximate surface area is 184 Å². The Morgan fingerprint density at radius 3 is 2.13 bits per heavy atom. The normalized spacial score (nSPS) is 15.1. The number of piperidine rings is 1. The average Bonchev–Trinajstić information content (AvgIpc) is 2.83. The monoisotopic (exact) mass is 428 g/mol. The first-order chi connectivity index (χ1) is 15.1. The molecule has 1 amide bonds. The summed E-state index contributed by atoms with van der Waals surface area (Å²) < 4.78 is 21.5. The van der Waals surface area contributed by atoms with Gasteiger partial charge in [0, 0.05) is 6.54 Å². The van der Waals surface area contributed by atoms with Crippen LogP contribution in [0, 0.1) is 0 Å².